The molecule has 2 heterocycles. The maximum absolute atomic E-state index is 13.8. The second kappa shape index (κ2) is 4.58. The molecular weight excluding hydrogens is 227 g/mol. The molecule has 0 radical (unpaired) electrons. The Kier molecular flexibility index (Phi) is 3.33. The lowest BCUT2D eigenvalue weighted by molar-refractivity contribution is 0.404. The van der Waals surface area contributed by atoms with Gasteiger partial charge in [-0.3, -0.25) is 0 Å². The first-order valence-electron chi connectivity index (χ1n) is 5.69. The molecule has 1 saturated heterocycles. The van der Waals surface area contributed by atoms with E-state index in [1.165, 1.54) is 18.7 Å². The van der Waals surface area contributed by atoms with Crippen LogP contribution in [0.5, 0.6) is 0 Å². The largest absolute Gasteiger partial charge is 0.349 e. The van der Waals surface area contributed by atoms with E-state index < -0.39 is 0 Å². The van der Waals surface area contributed by atoms with Gasteiger partial charge in [0.25, 0.3) is 0 Å². The molecular formula is C12H16ClFN2. The van der Waals surface area contributed by atoms with Crippen molar-refractivity contribution in [3.8, 4) is 0 Å². The smallest absolute Gasteiger partial charge is 0.167 e. The Labute approximate surface area is 100 Å². The summed E-state index contributed by atoms with van der Waals surface area (Å²) in [5.41, 5.74) is 0. The van der Waals surface area contributed by atoms with Crippen LogP contribution in [0.4, 0.5) is 10.2 Å². The highest BCUT2D eigenvalue weighted by Crippen LogP contribution is 2.30. The van der Waals surface area contributed by atoms with Crippen LogP contribution in [0, 0.1) is 5.82 Å². The molecule has 16 heavy (non-hydrogen) atoms. The van der Waals surface area contributed by atoms with E-state index in [9.17, 15) is 4.39 Å². The van der Waals surface area contributed by atoms with Gasteiger partial charge in [0, 0.05) is 18.3 Å². The minimum atomic E-state index is -0.326. The lowest BCUT2D eigenvalue weighted by atomic mass is 9.97. The standard InChI is InChI=1S/C12H16ClFN2/c1-8-4-3-5-9(2)16(8)12-11(14)6-10(13)7-15-12/h6-9H,3-5H2,1-2H3. The highest BCUT2D eigenvalue weighted by Gasteiger charge is 2.27. The molecule has 2 atom stereocenters. The molecule has 2 unspecified atom stereocenters. The Morgan fingerprint density at radius 3 is 2.56 bits per heavy atom. The number of hydrogen-bond donors (Lipinski definition) is 0. The quantitative estimate of drug-likeness (QED) is 0.748. The predicted molar refractivity (Wildman–Crippen MR) is 64.5 cm³/mol. The zero-order valence-corrected chi connectivity index (χ0v) is 10.3. The minimum Gasteiger partial charge on any atom is -0.349 e. The summed E-state index contributed by atoms with van der Waals surface area (Å²) in [7, 11) is 0. The number of aromatic nitrogens is 1. The third kappa shape index (κ3) is 2.14. The molecule has 1 fully saturated rings. The molecule has 1 aromatic heterocycles. The third-order valence-corrected chi connectivity index (χ3v) is 3.43. The van der Waals surface area contributed by atoms with Crippen LogP contribution in [0.3, 0.4) is 0 Å². The van der Waals surface area contributed by atoms with Crippen molar-refractivity contribution in [3.63, 3.8) is 0 Å². The minimum absolute atomic E-state index is 0.326. The van der Waals surface area contributed by atoms with Crippen molar-refractivity contribution in [1.82, 2.24) is 4.98 Å². The van der Waals surface area contributed by atoms with Crippen LogP contribution in [0.1, 0.15) is 33.1 Å². The van der Waals surface area contributed by atoms with Crippen molar-refractivity contribution in [2.75, 3.05) is 4.90 Å². The van der Waals surface area contributed by atoms with E-state index in [1.54, 1.807) is 0 Å². The van der Waals surface area contributed by atoms with Crippen LogP contribution in [0.2, 0.25) is 5.02 Å². The van der Waals surface area contributed by atoms with Gasteiger partial charge in [-0.15, -0.1) is 0 Å². The summed E-state index contributed by atoms with van der Waals surface area (Å²) >= 11 is 5.71. The van der Waals surface area contributed by atoms with E-state index in [0.29, 0.717) is 22.9 Å². The summed E-state index contributed by atoms with van der Waals surface area (Å²) in [4.78, 5) is 6.19. The maximum atomic E-state index is 13.8. The second-order valence-corrected chi connectivity index (χ2v) is 4.93. The fraction of sp³-hybridized carbons (Fsp3) is 0.583. The molecule has 1 aliphatic rings. The Balaban J connectivity index is 2.34. The van der Waals surface area contributed by atoms with Gasteiger partial charge in [0.15, 0.2) is 11.6 Å². The van der Waals surface area contributed by atoms with Gasteiger partial charge in [0.05, 0.1) is 5.02 Å². The van der Waals surface area contributed by atoms with Crippen molar-refractivity contribution in [3.05, 3.63) is 23.1 Å². The van der Waals surface area contributed by atoms with E-state index in [1.807, 2.05) is 0 Å². The van der Waals surface area contributed by atoms with Crippen LogP contribution < -0.4 is 4.90 Å². The van der Waals surface area contributed by atoms with Crippen molar-refractivity contribution in [2.45, 2.75) is 45.2 Å². The van der Waals surface area contributed by atoms with Crippen molar-refractivity contribution < 1.29 is 4.39 Å². The highest BCUT2D eigenvalue weighted by molar-refractivity contribution is 6.30. The number of halogens is 2. The normalized spacial score (nSPS) is 25.9. The molecule has 0 aliphatic carbocycles. The van der Waals surface area contributed by atoms with Gasteiger partial charge in [-0.05, 0) is 39.2 Å². The predicted octanol–water partition coefficient (Wildman–Crippen LogP) is 3.64. The van der Waals surface area contributed by atoms with Crippen molar-refractivity contribution in [1.29, 1.82) is 0 Å². The van der Waals surface area contributed by atoms with E-state index >= 15 is 0 Å². The molecule has 1 aromatic rings. The molecule has 0 aromatic carbocycles. The molecule has 0 spiro atoms. The van der Waals surface area contributed by atoms with Crippen LogP contribution in [0.25, 0.3) is 0 Å². The number of nitrogens with zero attached hydrogens (tertiary/aromatic N) is 2. The summed E-state index contributed by atoms with van der Waals surface area (Å²) < 4.78 is 13.8. The van der Waals surface area contributed by atoms with Gasteiger partial charge in [0.2, 0.25) is 0 Å². The summed E-state index contributed by atoms with van der Waals surface area (Å²) in [6.45, 7) is 4.23. The molecule has 1 aliphatic heterocycles. The maximum Gasteiger partial charge on any atom is 0.167 e. The number of rotatable bonds is 1. The van der Waals surface area contributed by atoms with Crippen LogP contribution in [-0.4, -0.2) is 17.1 Å². The van der Waals surface area contributed by atoms with Gasteiger partial charge in [-0.2, -0.15) is 0 Å². The molecule has 4 heteroatoms. The molecule has 0 bridgehead atoms. The molecule has 88 valence electrons. The van der Waals surface area contributed by atoms with Crippen molar-refractivity contribution >= 4 is 17.4 Å². The average molecular weight is 243 g/mol. The molecule has 0 amide bonds. The Morgan fingerprint density at radius 1 is 1.38 bits per heavy atom. The summed E-state index contributed by atoms with van der Waals surface area (Å²) in [6.07, 6.45) is 4.89. The third-order valence-electron chi connectivity index (χ3n) is 3.23. The van der Waals surface area contributed by atoms with Gasteiger partial charge >= 0.3 is 0 Å². The fourth-order valence-corrected chi connectivity index (χ4v) is 2.58. The summed E-state index contributed by atoms with van der Waals surface area (Å²) in [5, 5.41) is 0.346. The number of hydrogen-bond acceptors (Lipinski definition) is 2. The van der Waals surface area contributed by atoms with E-state index in [-0.39, 0.29) is 5.82 Å². The zero-order chi connectivity index (χ0) is 11.7. The lowest BCUT2D eigenvalue weighted by Gasteiger charge is -2.40. The summed E-state index contributed by atoms with van der Waals surface area (Å²) in [6, 6.07) is 2.01. The van der Waals surface area contributed by atoms with Crippen LogP contribution in [-0.2, 0) is 0 Å². The van der Waals surface area contributed by atoms with E-state index in [4.69, 9.17) is 11.6 Å². The zero-order valence-electron chi connectivity index (χ0n) is 9.58. The summed E-state index contributed by atoms with van der Waals surface area (Å²) in [5.74, 6) is 0.109. The molecule has 0 saturated carbocycles. The van der Waals surface area contributed by atoms with Gasteiger partial charge in [0.1, 0.15) is 0 Å². The monoisotopic (exact) mass is 242 g/mol. The Hall–Kier alpha value is -0.830. The first kappa shape index (κ1) is 11.6. The van der Waals surface area contributed by atoms with Gasteiger partial charge in [-0.1, -0.05) is 11.6 Å². The fourth-order valence-electron chi connectivity index (χ4n) is 2.44. The highest BCUT2D eigenvalue weighted by atomic mass is 35.5. The van der Waals surface area contributed by atoms with Gasteiger partial charge in [-0.25, -0.2) is 9.37 Å². The average Bonchev–Trinajstić information content (AvgIpc) is 2.20. The number of pyridine rings is 1. The molecule has 0 N–H and O–H groups in total. The SMILES string of the molecule is CC1CCCC(C)N1c1ncc(Cl)cc1F. The second-order valence-electron chi connectivity index (χ2n) is 4.50. The van der Waals surface area contributed by atoms with Crippen LogP contribution >= 0.6 is 11.6 Å². The molecule has 2 nitrogen and oxygen atoms in total. The number of piperidine rings is 1. The topological polar surface area (TPSA) is 16.1 Å². The number of anilines is 1. The molecule has 2 rings (SSSR count). The van der Waals surface area contributed by atoms with Crippen molar-refractivity contribution in [2.24, 2.45) is 0 Å². The van der Waals surface area contributed by atoms with Gasteiger partial charge < -0.3 is 4.90 Å². The Morgan fingerprint density at radius 2 is 2.00 bits per heavy atom. The first-order chi connectivity index (χ1) is 7.59. The van der Waals surface area contributed by atoms with Crippen LogP contribution in [0.15, 0.2) is 12.3 Å². The first-order valence-corrected chi connectivity index (χ1v) is 6.06. The van der Waals surface area contributed by atoms with E-state index in [0.717, 1.165) is 12.8 Å². The van der Waals surface area contributed by atoms with E-state index in [2.05, 4.69) is 23.7 Å². The Bertz CT molecular complexity index is 373. The lowest BCUT2D eigenvalue weighted by Crippen LogP contribution is -2.44.